The Labute approximate surface area is 78.6 Å². The van der Waals surface area contributed by atoms with Crippen molar-refractivity contribution in [2.75, 3.05) is 3.11 Å². The molecule has 0 amide bonds. The summed E-state index contributed by atoms with van der Waals surface area (Å²) >= 11 is 2.13. The molecule has 1 aromatic carbocycles. The molecule has 2 rings (SSSR count). The molecule has 0 saturated carbocycles. The van der Waals surface area contributed by atoms with E-state index >= 15 is 0 Å². The van der Waals surface area contributed by atoms with Gasteiger partial charge in [-0.1, -0.05) is 12.1 Å². The average Bonchev–Trinajstić information content (AvgIpc) is 2.30. The minimum absolute atomic E-state index is 0.340. The Hall–Kier alpha value is -0.490. The predicted molar refractivity (Wildman–Crippen MR) is 51.5 cm³/mol. The lowest BCUT2D eigenvalue weighted by atomic mass is 10.3. The van der Waals surface area contributed by atoms with Gasteiger partial charge in [0.25, 0.3) is 0 Å². The van der Waals surface area contributed by atoms with Crippen LogP contribution in [-0.2, 0) is 0 Å². The molecule has 1 aliphatic heterocycles. The Morgan fingerprint density at radius 2 is 2.18 bits per heavy atom. The van der Waals surface area contributed by atoms with E-state index in [1.54, 1.807) is 0 Å². The number of nitrogens with zero attached hydrogens (tertiary/aromatic N) is 1. The number of rotatable bonds is 0. The maximum absolute atomic E-state index is 5.62. The molecule has 58 valence electrons. The highest BCUT2D eigenvalue weighted by Gasteiger charge is 2.24. The lowest BCUT2D eigenvalue weighted by Gasteiger charge is -2.11. The van der Waals surface area contributed by atoms with E-state index in [9.17, 15) is 0 Å². The van der Waals surface area contributed by atoms with E-state index < -0.39 is 0 Å². The summed E-state index contributed by atoms with van der Waals surface area (Å²) < 4.78 is 7.18. The fraction of sp³-hybridized carbons (Fsp3) is 0.143. The molecule has 0 bridgehead atoms. The number of hydrogen-bond donors (Lipinski definition) is 1. The van der Waals surface area contributed by atoms with Crippen molar-refractivity contribution in [1.29, 1.82) is 0 Å². The molecule has 0 spiro atoms. The fourth-order valence-electron chi connectivity index (χ4n) is 1.05. The summed E-state index contributed by atoms with van der Waals surface area (Å²) in [6.07, 6.45) is -0.340. The van der Waals surface area contributed by atoms with E-state index in [1.165, 1.54) is 0 Å². The van der Waals surface area contributed by atoms with Crippen LogP contribution in [0.4, 0.5) is 5.69 Å². The van der Waals surface area contributed by atoms with Gasteiger partial charge in [-0.2, -0.15) is 0 Å². The van der Waals surface area contributed by atoms with Gasteiger partial charge in [0.2, 0.25) is 6.35 Å². The van der Waals surface area contributed by atoms with Crippen LogP contribution in [0, 0.1) is 0 Å². The Balaban J connectivity index is 2.47. The van der Waals surface area contributed by atoms with Crippen LogP contribution in [-0.4, -0.2) is 6.35 Å². The van der Waals surface area contributed by atoms with Crippen molar-refractivity contribution in [3.05, 3.63) is 24.3 Å². The van der Waals surface area contributed by atoms with Gasteiger partial charge in [-0.3, -0.25) is 8.85 Å². The number of ether oxygens (including phenoxy) is 1. The molecule has 0 aliphatic carbocycles. The van der Waals surface area contributed by atoms with Crippen LogP contribution in [0.15, 0.2) is 24.3 Å². The molecular formula is C7H7IN2O. The molecule has 3 nitrogen and oxygen atoms in total. The van der Waals surface area contributed by atoms with Crippen molar-refractivity contribution < 1.29 is 4.74 Å². The lowest BCUT2D eigenvalue weighted by Crippen LogP contribution is -2.35. The van der Waals surface area contributed by atoms with E-state index in [0.717, 1.165) is 11.4 Å². The first-order chi connectivity index (χ1) is 5.29. The Bertz CT molecular complexity index is 279. The SMILES string of the molecule is NC1Oc2ccccc2N1I. The van der Waals surface area contributed by atoms with Gasteiger partial charge in [0.05, 0.1) is 28.6 Å². The average molecular weight is 262 g/mol. The number of benzene rings is 1. The van der Waals surface area contributed by atoms with E-state index in [2.05, 4.69) is 22.9 Å². The predicted octanol–water partition coefficient (Wildman–Crippen LogP) is 1.48. The Kier molecular flexibility index (Phi) is 1.65. The van der Waals surface area contributed by atoms with Crippen molar-refractivity contribution in [3.8, 4) is 5.75 Å². The zero-order valence-electron chi connectivity index (χ0n) is 5.70. The van der Waals surface area contributed by atoms with Crippen LogP contribution in [0.5, 0.6) is 5.75 Å². The monoisotopic (exact) mass is 262 g/mol. The number of halogens is 1. The zero-order valence-corrected chi connectivity index (χ0v) is 7.86. The molecule has 1 unspecified atom stereocenters. The van der Waals surface area contributed by atoms with Gasteiger partial charge in [-0.05, 0) is 12.1 Å². The van der Waals surface area contributed by atoms with Gasteiger partial charge >= 0.3 is 0 Å². The number of fused-ring (bicyclic) bond motifs is 1. The molecule has 1 heterocycles. The molecule has 1 aliphatic rings. The van der Waals surface area contributed by atoms with Crippen molar-refractivity contribution in [2.45, 2.75) is 6.35 Å². The van der Waals surface area contributed by atoms with Gasteiger partial charge in [-0.25, -0.2) is 0 Å². The zero-order chi connectivity index (χ0) is 7.84. The van der Waals surface area contributed by atoms with Crippen LogP contribution >= 0.6 is 22.9 Å². The first-order valence-corrected chi connectivity index (χ1v) is 4.22. The lowest BCUT2D eigenvalue weighted by molar-refractivity contribution is 0.253. The first kappa shape index (κ1) is 7.17. The van der Waals surface area contributed by atoms with Crippen LogP contribution in [0.1, 0.15) is 0 Å². The smallest absolute Gasteiger partial charge is 0.236 e. The topological polar surface area (TPSA) is 38.5 Å². The van der Waals surface area contributed by atoms with Crippen LogP contribution < -0.4 is 13.6 Å². The number of nitrogens with two attached hydrogens (primary N) is 1. The van der Waals surface area contributed by atoms with Crippen molar-refractivity contribution in [1.82, 2.24) is 0 Å². The Morgan fingerprint density at radius 1 is 1.45 bits per heavy atom. The van der Waals surface area contributed by atoms with E-state index in [4.69, 9.17) is 10.5 Å². The Morgan fingerprint density at radius 3 is 2.91 bits per heavy atom. The second kappa shape index (κ2) is 2.53. The van der Waals surface area contributed by atoms with Crippen molar-refractivity contribution >= 4 is 28.6 Å². The minimum Gasteiger partial charge on any atom is -0.455 e. The molecular weight excluding hydrogens is 255 g/mol. The molecule has 0 radical (unpaired) electrons. The van der Waals surface area contributed by atoms with Crippen molar-refractivity contribution in [2.24, 2.45) is 5.73 Å². The quantitative estimate of drug-likeness (QED) is 0.568. The van der Waals surface area contributed by atoms with Crippen molar-refractivity contribution in [3.63, 3.8) is 0 Å². The summed E-state index contributed by atoms with van der Waals surface area (Å²) in [5, 5.41) is 0. The maximum Gasteiger partial charge on any atom is 0.236 e. The number of para-hydroxylation sites is 2. The van der Waals surface area contributed by atoms with Crippen LogP contribution in [0.2, 0.25) is 0 Å². The third kappa shape index (κ3) is 1.06. The van der Waals surface area contributed by atoms with Crippen LogP contribution in [0.3, 0.4) is 0 Å². The summed E-state index contributed by atoms with van der Waals surface area (Å²) in [5.74, 6) is 0.856. The molecule has 0 fully saturated rings. The molecule has 1 atom stereocenters. The van der Waals surface area contributed by atoms with Gasteiger partial charge < -0.3 is 4.74 Å². The van der Waals surface area contributed by atoms with E-state index in [1.807, 2.05) is 27.4 Å². The molecule has 1 aromatic rings. The van der Waals surface area contributed by atoms with Gasteiger partial charge in [0, 0.05) is 0 Å². The van der Waals surface area contributed by atoms with E-state index in [-0.39, 0.29) is 6.35 Å². The number of anilines is 1. The van der Waals surface area contributed by atoms with E-state index in [0.29, 0.717) is 0 Å². The molecule has 11 heavy (non-hydrogen) atoms. The maximum atomic E-state index is 5.62. The highest BCUT2D eigenvalue weighted by Crippen LogP contribution is 2.37. The fourth-order valence-corrected chi connectivity index (χ4v) is 1.56. The summed E-state index contributed by atoms with van der Waals surface area (Å²) in [6.45, 7) is 0. The summed E-state index contributed by atoms with van der Waals surface area (Å²) in [5.41, 5.74) is 6.67. The summed E-state index contributed by atoms with van der Waals surface area (Å²) in [6, 6.07) is 7.79. The minimum atomic E-state index is -0.340. The van der Waals surface area contributed by atoms with Gasteiger partial charge in [0.1, 0.15) is 5.75 Å². The second-order valence-electron chi connectivity index (χ2n) is 2.29. The second-order valence-corrected chi connectivity index (χ2v) is 3.33. The number of hydrogen-bond acceptors (Lipinski definition) is 3. The van der Waals surface area contributed by atoms with Gasteiger partial charge in [-0.15, -0.1) is 0 Å². The molecule has 4 heteroatoms. The van der Waals surface area contributed by atoms with Gasteiger partial charge in [0.15, 0.2) is 0 Å². The first-order valence-electron chi connectivity index (χ1n) is 3.25. The standard InChI is InChI=1S/C7H7IN2O/c8-10-5-3-1-2-4-6(5)11-7(10)9/h1-4,7H,9H2. The molecule has 2 N–H and O–H groups in total. The highest BCUT2D eigenvalue weighted by atomic mass is 127. The molecule has 0 saturated heterocycles. The normalized spacial score (nSPS) is 21.3. The summed E-state index contributed by atoms with van der Waals surface area (Å²) in [7, 11) is 0. The summed E-state index contributed by atoms with van der Waals surface area (Å²) in [4.78, 5) is 0. The van der Waals surface area contributed by atoms with Crippen LogP contribution in [0.25, 0.3) is 0 Å². The third-order valence-corrected chi connectivity index (χ3v) is 2.64. The molecule has 0 aromatic heterocycles. The highest BCUT2D eigenvalue weighted by molar-refractivity contribution is 14.1. The largest absolute Gasteiger partial charge is 0.455 e. The third-order valence-electron chi connectivity index (χ3n) is 1.57.